The summed E-state index contributed by atoms with van der Waals surface area (Å²) in [5.41, 5.74) is 2.19. The number of anilines is 1. The van der Waals surface area contributed by atoms with Crippen LogP contribution in [-0.2, 0) is 16.0 Å². The molecule has 0 aliphatic carbocycles. The van der Waals surface area contributed by atoms with Crippen molar-refractivity contribution < 1.29 is 14.7 Å². The van der Waals surface area contributed by atoms with Gasteiger partial charge in [-0.15, -0.1) is 11.3 Å². The fraction of sp³-hybridized carbons (Fsp3) is 0.190. The van der Waals surface area contributed by atoms with E-state index in [1.165, 1.54) is 16.2 Å². The van der Waals surface area contributed by atoms with Crippen molar-refractivity contribution in [3.05, 3.63) is 69.5 Å². The molecule has 0 unspecified atom stereocenters. The summed E-state index contributed by atoms with van der Waals surface area (Å²) in [5, 5.41) is 12.6. The highest BCUT2D eigenvalue weighted by Gasteiger charge is 2.27. The van der Waals surface area contributed by atoms with Gasteiger partial charge in [0.05, 0.1) is 23.1 Å². The van der Waals surface area contributed by atoms with Gasteiger partial charge in [-0.25, -0.2) is 4.98 Å². The lowest BCUT2D eigenvalue weighted by molar-refractivity contribution is -0.140. The van der Waals surface area contributed by atoms with E-state index in [0.717, 1.165) is 5.56 Å². The largest absolute Gasteiger partial charge is 0.481 e. The molecule has 0 fully saturated rings. The number of hydrogen-bond acceptors (Lipinski definition) is 4. The maximum absolute atomic E-state index is 13.0. The molecule has 3 aromatic rings. The number of carboxylic acids is 1. The Morgan fingerprint density at radius 2 is 1.90 bits per heavy atom. The van der Waals surface area contributed by atoms with E-state index in [9.17, 15) is 14.7 Å². The van der Waals surface area contributed by atoms with Crippen LogP contribution in [0.2, 0.25) is 10.0 Å². The Labute approximate surface area is 182 Å². The van der Waals surface area contributed by atoms with Crippen LogP contribution >= 0.6 is 34.5 Å². The molecule has 1 amide bonds. The predicted octanol–water partition coefficient (Wildman–Crippen LogP) is 5.41. The summed E-state index contributed by atoms with van der Waals surface area (Å²) in [6.07, 6.45) is 0.0884. The standard InChI is InChI=1S/C21H18Cl2N2O3S/c1-25(20(28)14(10-19(26)27)9-13-5-3-2-4-6-13)21-24-18(12-29-21)16-11-15(22)7-8-17(16)23/h2-8,11-12,14H,9-10H2,1H3,(H,26,27)/t14-/m1/s1. The van der Waals surface area contributed by atoms with E-state index in [1.807, 2.05) is 30.3 Å². The molecular weight excluding hydrogens is 431 g/mol. The van der Waals surface area contributed by atoms with Crippen LogP contribution in [-0.4, -0.2) is 29.0 Å². The zero-order chi connectivity index (χ0) is 21.0. The molecule has 0 radical (unpaired) electrons. The fourth-order valence-corrected chi connectivity index (χ4v) is 4.14. The van der Waals surface area contributed by atoms with Crippen LogP contribution in [0.25, 0.3) is 11.3 Å². The SMILES string of the molecule is CN(C(=O)[C@@H](CC(=O)O)Cc1ccccc1)c1nc(-c2cc(Cl)ccc2Cl)cs1. The summed E-state index contributed by atoms with van der Waals surface area (Å²) in [5.74, 6) is -2.01. The van der Waals surface area contributed by atoms with Gasteiger partial charge in [-0.1, -0.05) is 53.5 Å². The van der Waals surface area contributed by atoms with E-state index in [-0.39, 0.29) is 12.3 Å². The van der Waals surface area contributed by atoms with Crippen molar-refractivity contribution in [2.75, 3.05) is 11.9 Å². The first-order valence-corrected chi connectivity index (χ1v) is 10.4. The van der Waals surface area contributed by atoms with Crippen LogP contribution in [0.1, 0.15) is 12.0 Å². The average molecular weight is 449 g/mol. The Balaban J connectivity index is 1.83. The van der Waals surface area contributed by atoms with Gasteiger partial charge in [-0.2, -0.15) is 0 Å². The van der Waals surface area contributed by atoms with Crippen molar-refractivity contribution >= 4 is 51.5 Å². The number of amides is 1. The minimum absolute atomic E-state index is 0.254. The Morgan fingerprint density at radius 1 is 1.17 bits per heavy atom. The molecule has 0 aliphatic rings. The molecule has 0 bridgehead atoms. The van der Waals surface area contributed by atoms with Crippen molar-refractivity contribution in [1.82, 2.24) is 4.98 Å². The lowest BCUT2D eigenvalue weighted by atomic mass is 9.95. The van der Waals surface area contributed by atoms with E-state index in [0.29, 0.717) is 32.9 Å². The molecule has 8 heteroatoms. The minimum Gasteiger partial charge on any atom is -0.481 e. The van der Waals surface area contributed by atoms with E-state index in [2.05, 4.69) is 4.98 Å². The summed E-state index contributed by atoms with van der Waals surface area (Å²) in [6.45, 7) is 0. The second kappa shape index (κ2) is 9.39. The highest BCUT2D eigenvalue weighted by Crippen LogP contribution is 2.34. The molecule has 1 aromatic heterocycles. The monoisotopic (exact) mass is 448 g/mol. The van der Waals surface area contributed by atoms with Crippen molar-refractivity contribution in [2.45, 2.75) is 12.8 Å². The number of aliphatic carboxylic acids is 1. The fourth-order valence-electron chi connectivity index (χ4n) is 2.96. The number of rotatable bonds is 7. The number of carbonyl (C=O) groups excluding carboxylic acids is 1. The van der Waals surface area contributed by atoms with Crippen molar-refractivity contribution in [3.8, 4) is 11.3 Å². The van der Waals surface area contributed by atoms with Crippen molar-refractivity contribution in [1.29, 1.82) is 0 Å². The average Bonchev–Trinajstić information content (AvgIpc) is 3.18. The molecule has 0 spiro atoms. The number of thiazole rings is 1. The van der Waals surface area contributed by atoms with Gasteiger partial charge in [-0.3, -0.25) is 14.5 Å². The van der Waals surface area contributed by atoms with Crippen LogP contribution in [0.3, 0.4) is 0 Å². The van der Waals surface area contributed by atoms with Crippen LogP contribution in [0, 0.1) is 5.92 Å². The van der Waals surface area contributed by atoms with Gasteiger partial charge in [0.15, 0.2) is 5.13 Å². The third-order valence-electron chi connectivity index (χ3n) is 4.41. The topological polar surface area (TPSA) is 70.5 Å². The van der Waals surface area contributed by atoms with Gasteiger partial charge in [-0.05, 0) is 30.2 Å². The lowest BCUT2D eigenvalue weighted by Crippen LogP contribution is -2.35. The zero-order valence-electron chi connectivity index (χ0n) is 15.5. The molecule has 3 rings (SSSR count). The molecule has 2 aromatic carbocycles. The normalized spacial score (nSPS) is 11.8. The molecule has 5 nitrogen and oxygen atoms in total. The predicted molar refractivity (Wildman–Crippen MR) is 117 cm³/mol. The summed E-state index contributed by atoms with van der Waals surface area (Å²) in [6, 6.07) is 14.5. The second-order valence-corrected chi connectivity index (χ2v) is 8.20. The maximum Gasteiger partial charge on any atom is 0.304 e. The molecule has 0 saturated carbocycles. The molecule has 0 aliphatic heterocycles. The van der Waals surface area contributed by atoms with E-state index < -0.39 is 11.9 Å². The Kier molecular flexibility index (Phi) is 6.90. The highest BCUT2D eigenvalue weighted by molar-refractivity contribution is 7.14. The summed E-state index contributed by atoms with van der Waals surface area (Å²) >= 11 is 13.6. The highest BCUT2D eigenvalue weighted by atomic mass is 35.5. The van der Waals surface area contributed by atoms with Gasteiger partial charge in [0.1, 0.15) is 0 Å². The maximum atomic E-state index is 13.0. The van der Waals surface area contributed by atoms with Crippen LogP contribution in [0.5, 0.6) is 0 Å². The van der Waals surface area contributed by atoms with Gasteiger partial charge in [0.2, 0.25) is 5.91 Å². The third-order valence-corrected chi connectivity index (χ3v) is 5.89. The zero-order valence-corrected chi connectivity index (χ0v) is 17.8. The molecular formula is C21H18Cl2N2O3S. The van der Waals surface area contributed by atoms with E-state index >= 15 is 0 Å². The number of aromatic nitrogens is 1. The van der Waals surface area contributed by atoms with Crippen LogP contribution in [0.15, 0.2) is 53.9 Å². The Hall–Kier alpha value is -2.41. The number of hydrogen-bond donors (Lipinski definition) is 1. The first kappa shape index (κ1) is 21.3. The quantitative estimate of drug-likeness (QED) is 0.524. The van der Waals surface area contributed by atoms with E-state index in [1.54, 1.807) is 30.6 Å². The van der Waals surface area contributed by atoms with Crippen LogP contribution < -0.4 is 4.90 Å². The smallest absolute Gasteiger partial charge is 0.304 e. The molecule has 0 saturated heterocycles. The molecule has 150 valence electrons. The van der Waals surface area contributed by atoms with Gasteiger partial charge in [0.25, 0.3) is 0 Å². The van der Waals surface area contributed by atoms with Gasteiger partial charge >= 0.3 is 5.97 Å². The number of carboxylic acid groups (broad SMARTS) is 1. The summed E-state index contributed by atoms with van der Waals surface area (Å²) in [4.78, 5) is 30.3. The third kappa shape index (κ3) is 5.35. The Morgan fingerprint density at radius 3 is 2.59 bits per heavy atom. The number of nitrogens with zero attached hydrogens (tertiary/aromatic N) is 2. The lowest BCUT2D eigenvalue weighted by Gasteiger charge is -2.21. The summed E-state index contributed by atoms with van der Waals surface area (Å²) in [7, 11) is 1.60. The minimum atomic E-state index is -1.02. The Bertz CT molecular complexity index is 1020. The second-order valence-electron chi connectivity index (χ2n) is 6.52. The summed E-state index contributed by atoms with van der Waals surface area (Å²) < 4.78 is 0. The first-order chi connectivity index (χ1) is 13.8. The van der Waals surface area contributed by atoms with Gasteiger partial charge in [0, 0.05) is 23.0 Å². The first-order valence-electron chi connectivity index (χ1n) is 8.79. The molecule has 1 atom stereocenters. The number of halogens is 2. The van der Waals surface area contributed by atoms with Crippen molar-refractivity contribution in [3.63, 3.8) is 0 Å². The van der Waals surface area contributed by atoms with E-state index in [4.69, 9.17) is 23.2 Å². The molecule has 29 heavy (non-hydrogen) atoms. The number of benzene rings is 2. The van der Waals surface area contributed by atoms with Gasteiger partial charge < -0.3 is 5.11 Å². The van der Waals surface area contributed by atoms with Crippen LogP contribution in [0.4, 0.5) is 5.13 Å². The molecule has 1 N–H and O–H groups in total. The number of carbonyl (C=O) groups is 2. The molecule has 1 heterocycles. The van der Waals surface area contributed by atoms with Crippen molar-refractivity contribution in [2.24, 2.45) is 5.92 Å².